The Morgan fingerprint density at radius 3 is 2.57 bits per heavy atom. The SMILES string of the molecule is CC(CC1CC1)NCC(C)(C)CCO. The van der Waals surface area contributed by atoms with Crippen molar-refractivity contribution in [2.24, 2.45) is 11.3 Å². The Morgan fingerprint density at radius 1 is 1.43 bits per heavy atom. The zero-order chi connectivity index (χ0) is 10.6. The van der Waals surface area contributed by atoms with Gasteiger partial charge >= 0.3 is 0 Å². The van der Waals surface area contributed by atoms with Crippen molar-refractivity contribution >= 4 is 0 Å². The lowest BCUT2D eigenvalue weighted by atomic mass is 9.89. The van der Waals surface area contributed by atoms with Gasteiger partial charge in [-0.15, -0.1) is 0 Å². The maximum atomic E-state index is 8.89. The van der Waals surface area contributed by atoms with E-state index >= 15 is 0 Å². The van der Waals surface area contributed by atoms with Gasteiger partial charge in [0.15, 0.2) is 0 Å². The van der Waals surface area contributed by atoms with Gasteiger partial charge < -0.3 is 10.4 Å². The summed E-state index contributed by atoms with van der Waals surface area (Å²) in [6, 6.07) is 0.639. The van der Waals surface area contributed by atoms with Gasteiger partial charge in [0.05, 0.1) is 0 Å². The van der Waals surface area contributed by atoms with Crippen LogP contribution in [0.1, 0.15) is 46.5 Å². The van der Waals surface area contributed by atoms with E-state index in [0.717, 1.165) is 18.9 Å². The van der Waals surface area contributed by atoms with E-state index in [9.17, 15) is 0 Å². The van der Waals surface area contributed by atoms with E-state index in [1.165, 1.54) is 19.3 Å². The number of hydrogen-bond acceptors (Lipinski definition) is 2. The fraction of sp³-hybridized carbons (Fsp3) is 1.00. The summed E-state index contributed by atoms with van der Waals surface area (Å²) in [5.41, 5.74) is 0.229. The van der Waals surface area contributed by atoms with Crippen molar-refractivity contribution in [3.63, 3.8) is 0 Å². The molecular formula is C12H25NO. The fourth-order valence-electron chi connectivity index (χ4n) is 1.78. The molecule has 0 aromatic rings. The maximum Gasteiger partial charge on any atom is 0.0436 e. The molecule has 0 aliphatic heterocycles. The highest BCUT2D eigenvalue weighted by atomic mass is 16.3. The van der Waals surface area contributed by atoms with Crippen LogP contribution in [0, 0.1) is 11.3 Å². The second-order valence-corrected chi connectivity index (χ2v) is 5.60. The molecule has 0 heterocycles. The minimum atomic E-state index is 0.229. The van der Waals surface area contributed by atoms with E-state index in [-0.39, 0.29) is 5.41 Å². The van der Waals surface area contributed by atoms with Gasteiger partial charge in [0.1, 0.15) is 0 Å². The molecule has 0 amide bonds. The highest BCUT2D eigenvalue weighted by Crippen LogP contribution is 2.33. The van der Waals surface area contributed by atoms with Gasteiger partial charge in [-0.3, -0.25) is 0 Å². The highest BCUT2D eigenvalue weighted by molar-refractivity contribution is 4.80. The van der Waals surface area contributed by atoms with Gasteiger partial charge in [0.2, 0.25) is 0 Å². The number of nitrogens with one attached hydrogen (secondary N) is 1. The average molecular weight is 199 g/mol. The van der Waals surface area contributed by atoms with Crippen LogP contribution in [0.25, 0.3) is 0 Å². The van der Waals surface area contributed by atoms with Gasteiger partial charge in [-0.05, 0) is 31.1 Å². The van der Waals surface area contributed by atoms with Crippen LogP contribution in [0.5, 0.6) is 0 Å². The molecule has 0 saturated heterocycles. The van der Waals surface area contributed by atoms with Gasteiger partial charge in [0.25, 0.3) is 0 Å². The first kappa shape index (κ1) is 12.0. The molecule has 0 aromatic carbocycles. The molecule has 1 atom stereocenters. The summed E-state index contributed by atoms with van der Waals surface area (Å²) >= 11 is 0. The molecule has 2 heteroatoms. The van der Waals surface area contributed by atoms with Gasteiger partial charge in [-0.2, -0.15) is 0 Å². The summed E-state index contributed by atoms with van der Waals surface area (Å²) in [4.78, 5) is 0. The standard InChI is InChI=1S/C12H25NO/c1-10(8-11-4-5-11)13-9-12(2,3)6-7-14/h10-11,13-14H,4-9H2,1-3H3. The van der Waals surface area contributed by atoms with Crippen LogP contribution < -0.4 is 5.32 Å². The molecule has 0 aromatic heterocycles. The third kappa shape index (κ3) is 4.97. The summed E-state index contributed by atoms with van der Waals surface area (Å²) in [7, 11) is 0. The Kier molecular flexibility index (Phi) is 4.39. The van der Waals surface area contributed by atoms with Gasteiger partial charge in [-0.1, -0.05) is 26.7 Å². The van der Waals surface area contributed by atoms with Crippen molar-refractivity contribution in [3.8, 4) is 0 Å². The van der Waals surface area contributed by atoms with Gasteiger partial charge in [0, 0.05) is 19.2 Å². The number of rotatable bonds is 7. The predicted octanol–water partition coefficient (Wildman–Crippen LogP) is 2.17. The Labute approximate surface area is 88.1 Å². The van der Waals surface area contributed by atoms with Crippen molar-refractivity contribution < 1.29 is 5.11 Å². The molecule has 1 saturated carbocycles. The molecule has 0 radical (unpaired) electrons. The molecule has 14 heavy (non-hydrogen) atoms. The Hall–Kier alpha value is -0.0800. The van der Waals surface area contributed by atoms with Crippen LogP contribution in [-0.2, 0) is 0 Å². The molecule has 0 spiro atoms. The fourth-order valence-corrected chi connectivity index (χ4v) is 1.78. The lowest BCUT2D eigenvalue weighted by Crippen LogP contribution is -2.36. The largest absolute Gasteiger partial charge is 0.396 e. The van der Waals surface area contributed by atoms with Crippen molar-refractivity contribution in [2.45, 2.75) is 52.5 Å². The number of hydrogen-bond donors (Lipinski definition) is 2. The summed E-state index contributed by atoms with van der Waals surface area (Å²) in [5.74, 6) is 0.999. The zero-order valence-electron chi connectivity index (χ0n) is 9.84. The maximum absolute atomic E-state index is 8.89. The molecule has 1 fully saturated rings. The summed E-state index contributed by atoms with van der Waals surface area (Å²) < 4.78 is 0. The number of aliphatic hydroxyl groups excluding tert-OH is 1. The monoisotopic (exact) mass is 199 g/mol. The molecule has 2 nitrogen and oxygen atoms in total. The molecule has 0 bridgehead atoms. The first-order valence-electron chi connectivity index (χ1n) is 5.88. The molecule has 1 aliphatic carbocycles. The Morgan fingerprint density at radius 2 is 2.07 bits per heavy atom. The summed E-state index contributed by atoms with van der Waals surface area (Å²) in [5, 5.41) is 12.5. The third-order valence-electron chi connectivity index (χ3n) is 3.10. The minimum absolute atomic E-state index is 0.229. The second kappa shape index (κ2) is 5.13. The molecule has 2 N–H and O–H groups in total. The van der Waals surface area contributed by atoms with Crippen LogP contribution in [0.4, 0.5) is 0 Å². The van der Waals surface area contributed by atoms with Crippen LogP contribution >= 0.6 is 0 Å². The van der Waals surface area contributed by atoms with Crippen molar-refractivity contribution in [2.75, 3.05) is 13.2 Å². The van der Waals surface area contributed by atoms with E-state index in [1.54, 1.807) is 0 Å². The normalized spacial score (nSPS) is 19.7. The topological polar surface area (TPSA) is 32.3 Å². The van der Waals surface area contributed by atoms with Crippen molar-refractivity contribution in [1.29, 1.82) is 0 Å². The number of aliphatic hydroxyl groups is 1. The lowest BCUT2D eigenvalue weighted by molar-refractivity contribution is 0.202. The molecule has 84 valence electrons. The Balaban J connectivity index is 2.10. The van der Waals surface area contributed by atoms with E-state index in [1.807, 2.05) is 0 Å². The Bertz CT molecular complexity index is 164. The zero-order valence-corrected chi connectivity index (χ0v) is 9.84. The van der Waals surface area contributed by atoms with E-state index in [4.69, 9.17) is 5.11 Å². The predicted molar refractivity (Wildman–Crippen MR) is 60.3 cm³/mol. The molecule has 1 rings (SSSR count). The third-order valence-corrected chi connectivity index (χ3v) is 3.10. The van der Waals surface area contributed by atoms with Crippen LogP contribution in [0.3, 0.4) is 0 Å². The average Bonchev–Trinajstić information content (AvgIpc) is 2.85. The van der Waals surface area contributed by atoms with Crippen LogP contribution in [-0.4, -0.2) is 24.3 Å². The van der Waals surface area contributed by atoms with E-state index < -0.39 is 0 Å². The molecular weight excluding hydrogens is 174 g/mol. The summed E-state index contributed by atoms with van der Waals surface area (Å²) in [6.45, 7) is 8.00. The van der Waals surface area contributed by atoms with Crippen LogP contribution in [0.15, 0.2) is 0 Å². The highest BCUT2D eigenvalue weighted by Gasteiger charge is 2.24. The first-order chi connectivity index (χ1) is 6.53. The summed E-state index contributed by atoms with van der Waals surface area (Å²) in [6.07, 6.45) is 5.09. The van der Waals surface area contributed by atoms with Gasteiger partial charge in [-0.25, -0.2) is 0 Å². The second-order valence-electron chi connectivity index (χ2n) is 5.60. The van der Waals surface area contributed by atoms with E-state index in [0.29, 0.717) is 12.6 Å². The smallest absolute Gasteiger partial charge is 0.0436 e. The van der Waals surface area contributed by atoms with Crippen molar-refractivity contribution in [1.82, 2.24) is 5.32 Å². The van der Waals surface area contributed by atoms with Crippen molar-refractivity contribution in [3.05, 3.63) is 0 Å². The van der Waals surface area contributed by atoms with Crippen LogP contribution in [0.2, 0.25) is 0 Å². The minimum Gasteiger partial charge on any atom is -0.396 e. The quantitative estimate of drug-likeness (QED) is 0.658. The lowest BCUT2D eigenvalue weighted by Gasteiger charge is -2.26. The molecule has 1 aliphatic rings. The first-order valence-corrected chi connectivity index (χ1v) is 5.88. The molecule has 1 unspecified atom stereocenters. The van der Waals surface area contributed by atoms with E-state index in [2.05, 4.69) is 26.1 Å².